The van der Waals surface area contributed by atoms with Crippen LogP contribution in [0.3, 0.4) is 0 Å². The number of fused-ring (bicyclic) bond motifs is 7. The molecule has 37 heavy (non-hydrogen) atoms. The lowest BCUT2D eigenvalue weighted by Crippen LogP contribution is -2.49. The van der Waals surface area contributed by atoms with E-state index in [4.69, 9.17) is 4.98 Å². The van der Waals surface area contributed by atoms with Gasteiger partial charge in [-0.05, 0) is 103 Å². The second-order valence-electron chi connectivity index (χ2n) is 13.7. The van der Waals surface area contributed by atoms with E-state index in [2.05, 4.69) is 56.0 Å². The second-order valence-corrected chi connectivity index (χ2v) is 14.7. The predicted octanol–water partition coefficient (Wildman–Crippen LogP) is 8.94. The first-order chi connectivity index (χ1) is 17.8. The molecule has 2 saturated carbocycles. The summed E-state index contributed by atoms with van der Waals surface area (Å²) in [6.07, 6.45) is 19.8. The van der Waals surface area contributed by atoms with E-state index in [9.17, 15) is 0 Å². The zero-order valence-electron chi connectivity index (χ0n) is 23.6. The first-order valence-electron chi connectivity index (χ1n) is 15.0. The number of rotatable bonds is 7. The zero-order chi connectivity index (χ0) is 25.8. The molecule has 2 aromatic rings. The van der Waals surface area contributed by atoms with E-state index >= 15 is 0 Å². The molecule has 4 nitrogen and oxygen atoms in total. The van der Waals surface area contributed by atoms with Crippen LogP contribution in [0.15, 0.2) is 24.5 Å². The maximum Gasteiger partial charge on any atom is 0.228 e. The van der Waals surface area contributed by atoms with E-state index < -0.39 is 0 Å². The Bertz CT molecular complexity index is 1140. The summed E-state index contributed by atoms with van der Waals surface area (Å²) in [5.74, 6) is 5.88. The van der Waals surface area contributed by atoms with Crippen molar-refractivity contribution in [2.45, 2.75) is 98.8 Å². The van der Waals surface area contributed by atoms with E-state index in [0.717, 1.165) is 47.1 Å². The molecule has 2 aromatic heterocycles. The van der Waals surface area contributed by atoms with Crippen molar-refractivity contribution in [2.24, 2.45) is 46.3 Å². The number of allylic oxidation sites excluding steroid dienone is 2. The molecule has 2 unspecified atom stereocenters. The van der Waals surface area contributed by atoms with Crippen LogP contribution in [0.5, 0.6) is 0 Å². The van der Waals surface area contributed by atoms with Gasteiger partial charge in [0.2, 0.25) is 5.95 Å². The van der Waals surface area contributed by atoms with E-state index in [-0.39, 0.29) is 0 Å². The minimum Gasteiger partial charge on any atom is -0.300 e. The van der Waals surface area contributed by atoms with Crippen molar-refractivity contribution in [3.8, 4) is 0 Å². The average molecular weight is 519 g/mol. The molecule has 0 amide bonds. The molecule has 0 saturated heterocycles. The molecular weight excluding hydrogens is 472 g/mol. The first kappa shape index (κ1) is 25.5. The topological polar surface area (TPSA) is 50.7 Å². The largest absolute Gasteiger partial charge is 0.300 e. The van der Waals surface area contributed by atoms with E-state index in [0.29, 0.717) is 16.8 Å². The van der Waals surface area contributed by atoms with Crippen molar-refractivity contribution < 1.29 is 0 Å². The molecule has 0 spiro atoms. The smallest absolute Gasteiger partial charge is 0.228 e. The Kier molecular flexibility index (Phi) is 6.74. The normalized spacial score (nSPS) is 35.2. The van der Waals surface area contributed by atoms with Crippen LogP contribution < -0.4 is 5.32 Å². The Morgan fingerprint density at radius 1 is 1.03 bits per heavy atom. The number of anilines is 2. The summed E-state index contributed by atoms with van der Waals surface area (Å²) >= 11 is 1.82. The SMILES string of the molecule is CC(C)CCCC(C)C1CC[C@H]2[C@@H]3CC=C4c5sc(Nc6ncccn6)nc5CC[C@]4(C)[C@H]3CC[C@]12C. The molecule has 2 heterocycles. The summed E-state index contributed by atoms with van der Waals surface area (Å²) < 4.78 is 0. The number of aromatic nitrogens is 3. The van der Waals surface area contributed by atoms with Crippen molar-refractivity contribution in [3.05, 3.63) is 35.1 Å². The summed E-state index contributed by atoms with van der Waals surface area (Å²) in [5.41, 5.74) is 3.74. The molecule has 200 valence electrons. The Balaban J connectivity index is 1.22. The van der Waals surface area contributed by atoms with Gasteiger partial charge in [0.25, 0.3) is 0 Å². The number of aryl methyl sites for hydroxylation is 1. The molecule has 6 rings (SSSR count). The molecule has 5 heteroatoms. The van der Waals surface area contributed by atoms with Crippen LogP contribution in [-0.2, 0) is 6.42 Å². The lowest BCUT2D eigenvalue weighted by Gasteiger charge is -2.57. The fourth-order valence-electron chi connectivity index (χ4n) is 9.41. The third-order valence-electron chi connectivity index (χ3n) is 11.3. The summed E-state index contributed by atoms with van der Waals surface area (Å²) in [4.78, 5) is 15.1. The van der Waals surface area contributed by atoms with Gasteiger partial charge in [0.1, 0.15) is 0 Å². The quantitative estimate of drug-likeness (QED) is 0.397. The van der Waals surface area contributed by atoms with Gasteiger partial charge in [-0.15, -0.1) is 0 Å². The van der Waals surface area contributed by atoms with Gasteiger partial charge < -0.3 is 5.32 Å². The molecule has 0 aromatic carbocycles. The van der Waals surface area contributed by atoms with Crippen LogP contribution in [0.4, 0.5) is 11.1 Å². The molecule has 0 bridgehead atoms. The van der Waals surface area contributed by atoms with Crippen LogP contribution in [0, 0.1) is 46.3 Å². The van der Waals surface area contributed by atoms with Crippen LogP contribution in [-0.4, -0.2) is 15.0 Å². The minimum atomic E-state index is 0.297. The molecule has 0 radical (unpaired) electrons. The third kappa shape index (κ3) is 4.37. The van der Waals surface area contributed by atoms with Gasteiger partial charge in [-0.25, -0.2) is 15.0 Å². The predicted molar refractivity (Wildman–Crippen MR) is 155 cm³/mol. The average Bonchev–Trinajstić information content (AvgIpc) is 3.44. The van der Waals surface area contributed by atoms with Crippen molar-refractivity contribution in [1.82, 2.24) is 15.0 Å². The molecule has 4 aliphatic rings. The Labute approximate surface area is 228 Å². The van der Waals surface area contributed by atoms with Crippen LogP contribution >= 0.6 is 11.3 Å². The summed E-state index contributed by atoms with van der Waals surface area (Å²) in [6.45, 7) is 12.6. The molecular formula is C32H46N4S. The highest BCUT2D eigenvalue weighted by Crippen LogP contribution is 2.68. The Morgan fingerprint density at radius 3 is 2.62 bits per heavy atom. The zero-order valence-corrected chi connectivity index (χ0v) is 24.4. The number of nitrogens with one attached hydrogen (secondary N) is 1. The molecule has 2 fully saturated rings. The van der Waals surface area contributed by atoms with Gasteiger partial charge in [0, 0.05) is 12.4 Å². The van der Waals surface area contributed by atoms with Crippen LogP contribution in [0.2, 0.25) is 0 Å². The maximum absolute atomic E-state index is 4.99. The number of thiazole rings is 1. The van der Waals surface area contributed by atoms with E-state index in [1.165, 1.54) is 68.4 Å². The van der Waals surface area contributed by atoms with Crippen molar-refractivity contribution in [2.75, 3.05) is 5.32 Å². The Morgan fingerprint density at radius 2 is 1.84 bits per heavy atom. The van der Waals surface area contributed by atoms with Gasteiger partial charge in [-0.2, -0.15) is 0 Å². The van der Waals surface area contributed by atoms with E-state index in [1.807, 2.05) is 17.4 Å². The summed E-state index contributed by atoms with van der Waals surface area (Å²) in [7, 11) is 0. The Hall–Kier alpha value is -1.75. The van der Waals surface area contributed by atoms with Crippen molar-refractivity contribution >= 4 is 28.0 Å². The van der Waals surface area contributed by atoms with Crippen molar-refractivity contribution in [1.29, 1.82) is 0 Å². The maximum atomic E-state index is 4.99. The highest BCUT2D eigenvalue weighted by Gasteiger charge is 2.59. The highest BCUT2D eigenvalue weighted by atomic mass is 32.1. The minimum absolute atomic E-state index is 0.297. The molecule has 1 N–H and O–H groups in total. The van der Waals surface area contributed by atoms with Crippen LogP contribution in [0.25, 0.3) is 5.57 Å². The summed E-state index contributed by atoms with van der Waals surface area (Å²) in [6, 6.07) is 1.85. The van der Waals surface area contributed by atoms with Crippen LogP contribution in [0.1, 0.15) is 103 Å². The standard InChI is InChI=1S/C32H46N4S/c1-20(2)8-6-9-21(3)23-12-13-24-22-10-11-26-28-27(35-30(37-28)36-29-33-18-7-19-34-29)15-17-32(26,5)25(22)14-16-31(23,24)4/h7,11,18-25H,6,8-10,12-17H2,1-5H3,(H,33,34,35,36)/t21?,22-,23?,24-,25-,31+,32+/m0/s1. The highest BCUT2D eigenvalue weighted by molar-refractivity contribution is 7.16. The fourth-order valence-corrected chi connectivity index (χ4v) is 10.6. The van der Waals surface area contributed by atoms with Gasteiger partial charge in [-0.1, -0.05) is 71.3 Å². The molecule has 4 aliphatic carbocycles. The van der Waals surface area contributed by atoms with Gasteiger partial charge in [-0.3, -0.25) is 0 Å². The first-order valence-corrected chi connectivity index (χ1v) is 15.9. The van der Waals surface area contributed by atoms with Gasteiger partial charge >= 0.3 is 0 Å². The lowest BCUT2D eigenvalue weighted by atomic mass is 9.47. The number of hydrogen-bond acceptors (Lipinski definition) is 5. The fraction of sp³-hybridized carbons (Fsp3) is 0.719. The number of hydrogen-bond donors (Lipinski definition) is 1. The van der Waals surface area contributed by atoms with E-state index in [1.54, 1.807) is 18.0 Å². The van der Waals surface area contributed by atoms with Gasteiger partial charge in [0.05, 0.1) is 10.6 Å². The molecule has 7 atom stereocenters. The third-order valence-corrected chi connectivity index (χ3v) is 12.3. The summed E-state index contributed by atoms with van der Waals surface area (Å²) in [5, 5.41) is 4.29. The molecule has 0 aliphatic heterocycles. The van der Waals surface area contributed by atoms with Crippen molar-refractivity contribution in [3.63, 3.8) is 0 Å². The number of nitrogens with zero attached hydrogens (tertiary/aromatic N) is 3. The lowest BCUT2D eigenvalue weighted by molar-refractivity contribution is -0.0392. The second kappa shape index (κ2) is 9.77. The van der Waals surface area contributed by atoms with Gasteiger partial charge in [0.15, 0.2) is 5.13 Å². The monoisotopic (exact) mass is 518 g/mol.